The highest BCUT2D eigenvalue weighted by atomic mass is 15.3. The average Bonchev–Trinajstić information content (AvgIpc) is 2.96. The Labute approximate surface area is 132 Å². The van der Waals surface area contributed by atoms with Gasteiger partial charge in [0.05, 0.1) is 17.9 Å². The van der Waals surface area contributed by atoms with Gasteiger partial charge in [-0.2, -0.15) is 5.10 Å². The fourth-order valence-electron chi connectivity index (χ4n) is 3.47. The van der Waals surface area contributed by atoms with E-state index in [1.807, 2.05) is 6.20 Å². The van der Waals surface area contributed by atoms with Gasteiger partial charge in [-0.3, -0.25) is 9.67 Å². The van der Waals surface area contributed by atoms with Gasteiger partial charge in [0.1, 0.15) is 0 Å². The lowest BCUT2D eigenvalue weighted by Gasteiger charge is -2.28. The molecule has 0 radical (unpaired) electrons. The molecule has 0 amide bonds. The molecule has 1 aliphatic heterocycles. The third-order valence-electron chi connectivity index (χ3n) is 5.25. The van der Waals surface area contributed by atoms with Gasteiger partial charge < -0.3 is 4.90 Å². The molecule has 3 heterocycles. The van der Waals surface area contributed by atoms with E-state index >= 15 is 0 Å². The van der Waals surface area contributed by atoms with Crippen molar-refractivity contribution in [1.82, 2.24) is 19.7 Å². The Balaban J connectivity index is 1.54. The van der Waals surface area contributed by atoms with Crippen molar-refractivity contribution >= 4 is 0 Å². The van der Waals surface area contributed by atoms with Crippen LogP contribution < -0.4 is 0 Å². The summed E-state index contributed by atoms with van der Waals surface area (Å²) in [6, 6.07) is 7.07. The molecule has 2 aliphatic rings. The van der Waals surface area contributed by atoms with E-state index in [9.17, 15) is 0 Å². The molecule has 1 saturated carbocycles. The molecule has 2 fully saturated rings. The van der Waals surface area contributed by atoms with Crippen molar-refractivity contribution in [2.75, 3.05) is 20.1 Å². The van der Waals surface area contributed by atoms with Gasteiger partial charge >= 0.3 is 0 Å². The topological polar surface area (TPSA) is 34.0 Å². The first-order valence-electron chi connectivity index (χ1n) is 8.49. The summed E-state index contributed by atoms with van der Waals surface area (Å²) in [5.74, 6) is 0.609. The molecule has 2 aromatic heterocycles. The Bertz CT molecular complexity index is 636. The second-order valence-corrected chi connectivity index (χ2v) is 6.82. The summed E-state index contributed by atoms with van der Waals surface area (Å²) in [6.07, 6.45) is 10.4. The van der Waals surface area contributed by atoms with Gasteiger partial charge in [0.25, 0.3) is 0 Å². The Morgan fingerprint density at radius 3 is 2.64 bits per heavy atom. The molecule has 0 atom stereocenters. The van der Waals surface area contributed by atoms with Crippen molar-refractivity contribution in [3.05, 3.63) is 36.3 Å². The van der Waals surface area contributed by atoms with Crippen LogP contribution >= 0.6 is 0 Å². The van der Waals surface area contributed by atoms with Crippen LogP contribution in [0.4, 0.5) is 0 Å². The minimum absolute atomic E-state index is 0.609. The molecule has 0 bridgehead atoms. The lowest BCUT2D eigenvalue weighted by atomic mass is 9.93. The number of hydrogen-bond donors (Lipinski definition) is 0. The molecule has 4 heteroatoms. The number of rotatable bonds is 3. The van der Waals surface area contributed by atoms with Crippen LogP contribution in [0.1, 0.15) is 49.8 Å². The fourth-order valence-corrected chi connectivity index (χ4v) is 3.47. The molecule has 0 spiro atoms. The van der Waals surface area contributed by atoms with Crippen LogP contribution in [0.2, 0.25) is 0 Å². The molecular weight excluding hydrogens is 272 g/mol. The molecule has 4 nitrogen and oxygen atoms in total. The zero-order valence-electron chi connectivity index (χ0n) is 13.3. The number of piperidine rings is 1. The fraction of sp³-hybridized carbons (Fsp3) is 0.556. The highest BCUT2D eigenvalue weighted by Gasteiger charge is 2.22. The van der Waals surface area contributed by atoms with Crippen LogP contribution in [0.3, 0.4) is 0 Å². The average molecular weight is 296 g/mol. The van der Waals surface area contributed by atoms with Crippen LogP contribution in [0.25, 0.3) is 11.3 Å². The molecular formula is C18H24N4. The van der Waals surface area contributed by atoms with Crippen LogP contribution in [0, 0.1) is 0 Å². The second-order valence-electron chi connectivity index (χ2n) is 6.82. The zero-order chi connectivity index (χ0) is 14.9. The predicted octanol–water partition coefficient (Wildman–Crippen LogP) is 3.48. The lowest BCUT2D eigenvalue weighted by Crippen LogP contribution is -2.29. The van der Waals surface area contributed by atoms with Crippen molar-refractivity contribution in [3.63, 3.8) is 0 Å². The molecule has 0 N–H and O–H groups in total. The van der Waals surface area contributed by atoms with E-state index in [-0.39, 0.29) is 0 Å². The number of hydrogen-bond acceptors (Lipinski definition) is 3. The van der Waals surface area contributed by atoms with E-state index in [4.69, 9.17) is 4.98 Å². The standard InChI is InChI=1S/C18H24N4/c1-21-10-8-14(9-11-21)17-6-3-7-18(20-17)15-12-19-22(13-15)16-4-2-5-16/h3,6-7,12-14,16H,2,4-5,8-11H2,1H3. The number of pyridine rings is 1. The first-order valence-corrected chi connectivity index (χ1v) is 8.49. The van der Waals surface area contributed by atoms with Gasteiger partial charge in [0.2, 0.25) is 0 Å². The molecule has 116 valence electrons. The van der Waals surface area contributed by atoms with E-state index in [1.165, 1.54) is 50.9 Å². The van der Waals surface area contributed by atoms with Gasteiger partial charge in [-0.05, 0) is 64.4 Å². The van der Waals surface area contributed by atoms with E-state index < -0.39 is 0 Å². The molecule has 1 aliphatic carbocycles. The minimum Gasteiger partial charge on any atom is -0.306 e. The van der Waals surface area contributed by atoms with Gasteiger partial charge in [0, 0.05) is 23.4 Å². The maximum absolute atomic E-state index is 4.94. The largest absolute Gasteiger partial charge is 0.306 e. The predicted molar refractivity (Wildman–Crippen MR) is 87.8 cm³/mol. The maximum atomic E-state index is 4.94. The number of nitrogens with zero attached hydrogens (tertiary/aromatic N) is 4. The highest BCUT2D eigenvalue weighted by Crippen LogP contribution is 2.32. The first-order chi connectivity index (χ1) is 10.8. The molecule has 1 saturated heterocycles. The summed E-state index contributed by atoms with van der Waals surface area (Å²) in [5, 5.41) is 4.54. The molecule has 0 unspecified atom stereocenters. The molecule has 4 rings (SSSR count). The molecule has 2 aromatic rings. The maximum Gasteiger partial charge on any atom is 0.0736 e. The van der Waals surface area contributed by atoms with Crippen molar-refractivity contribution in [3.8, 4) is 11.3 Å². The van der Waals surface area contributed by atoms with E-state index in [0.29, 0.717) is 12.0 Å². The first kappa shape index (κ1) is 13.9. The quantitative estimate of drug-likeness (QED) is 0.869. The molecule has 0 aromatic carbocycles. The Hall–Kier alpha value is -1.68. The number of likely N-dealkylation sites (tertiary alicyclic amines) is 1. The Morgan fingerprint density at radius 1 is 1.09 bits per heavy atom. The monoisotopic (exact) mass is 296 g/mol. The minimum atomic E-state index is 0.609. The van der Waals surface area contributed by atoms with Crippen LogP contribution in [0.15, 0.2) is 30.6 Å². The summed E-state index contributed by atoms with van der Waals surface area (Å²) in [7, 11) is 2.20. The summed E-state index contributed by atoms with van der Waals surface area (Å²) >= 11 is 0. The van der Waals surface area contributed by atoms with Crippen LogP contribution in [0.5, 0.6) is 0 Å². The Morgan fingerprint density at radius 2 is 1.91 bits per heavy atom. The SMILES string of the molecule is CN1CCC(c2cccc(-c3cnn(C4CCC4)c3)n2)CC1. The van der Waals surface area contributed by atoms with E-state index in [0.717, 1.165) is 11.3 Å². The molecule has 22 heavy (non-hydrogen) atoms. The Kier molecular flexibility index (Phi) is 3.70. The third-order valence-corrected chi connectivity index (χ3v) is 5.25. The van der Waals surface area contributed by atoms with Gasteiger partial charge in [0.15, 0.2) is 0 Å². The van der Waals surface area contributed by atoms with Crippen molar-refractivity contribution in [2.24, 2.45) is 0 Å². The number of aromatic nitrogens is 3. The lowest BCUT2D eigenvalue weighted by molar-refractivity contribution is 0.253. The van der Waals surface area contributed by atoms with E-state index in [2.05, 4.69) is 46.1 Å². The highest BCUT2D eigenvalue weighted by molar-refractivity contribution is 5.57. The third kappa shape index (κ3) is 2.68. The van der Waals surface area contributed by atoms with Gasteiger partial charge in [-0.1, -0.05) is 6.07 Å². The summed E-state index contributed by atoms with van der Waals surface area (Å²) in [5.41, 5.74) is 3.48. The van der Waals surface area contributed by atoms with Crippen molar-refractivity contribution in [2.45, 2.75) is 44.1 Å². The zero-order valence-corrected chi connectivity index (χ0v) is 13.3. The van der Waals surface area contributed by atoms with Crippen LogP contribution in [-0.4, -0.2) is 39.8 Å². The van der Waals surface area contributed by atoms with Gasteiger partial charge in [-0.15, -0.1) is 0 Å². The van der Waals surface area contributed by atoms with Gasteiger partial charge in [-0.25, -0.2) is 0 Å². The summed E-state index contributed by atoms with van der Waals surface area (Å²) in [4.78, 5) is 7.34. The smallest absolute Gasteiger partial charge is 0.0736 e. The van der Waals surface area contributed by atoms with Crippen molar-refractivity contribution < 1.29 is 0 Å². The summed E-state index contributed by atoms with van der Waals surface area (Å²) < 4.78 is 2.13. The summed E-state index contributed by atoms with van der Waals surface area (Å²) in [6.45, 7) is 2.35. The van der Waals surface area contributed by atoms with Crippen LogP contribution in [-0.2, 0) is 0 Å². The van der Waals surface area contributed by atoms with Crippen molar-refractivity contribution in [1.29, 1.82) is 0 Å². The second kappa shape index (κ2) is 5.84. The normalized spacial score (nSPS) is 21.0. The van der Waals surface area contributed by atoms with E-state index in [1.54, 1.807) is 0 Å².